The van der Waals surface area contributed by atoms with Gasteiger partial charge in [-0.25, -0.2) is 4.79 Å². The van der Waals surface area contributed by atoms with Crippen molar-refractivity contribution in [1.29, 1.82) is 0 Å². The number of nitrogens with zero attached hydrogens (tertiary/aromatic N) is 4. The number of amides is 3. The zero-order valence-electron chi connectivity index (χ0n) is 14.2. The Hall–Kier alpha value is -2.55. The second-order valence-electron chi connectivity index (χ2n) is 5.55. The van der Waals surface area contributed by atoms with Crippen LogP contribution in [0.5, 0.6) is 5.75 Å². The third kappa shape index (κ3) is 3.32. The average Bonchev–Trinajstić information content (AvgIpc) is 3.20. The van der Waals surface area contributed by atoms with Crippen LogP contribution in [0.4, 0.5) is 4.79 Å². The summed E-state index contributed by atoms with van der Waals surface area (Å²) in [6.45, 7) is 2.65. The number of carbonyl (C=O) groups excluding carboxylic acids is 2. The Morgan fingerprint density at radius 3 is 2.80 bits per heavy atom. The van der Waals surface area contributed by atoms with Crippen LogP contribution in [0, 0.1) is 0 Å². The second-order valence-corrected chi connectivity index (χ2v) is 6.86. The van der Waals surface area contributed by atoms with Crippen molar-refractivity contribution in [3.8, 4) is 17.1 Å². The smallest absolute Gasteiger partial charge is 0.324 e. The quantitative estimate of drug-likeness (QED) is 0.812. The largest absolute Gasteiger partial charge is 0.496 e. The van der Waals surface area contributed by atoms with E-state index in [1.165, 1.54) is 16.7 Å². The normalized spacial score (nSPS) is 15.2. The number of carbonyl (C=O) groups is 2. The van der Waals surface area contributed by atoms with E-state index in [4.69, 9.17) is 4.74 Å². The number of methoxy groups -OCH3 is 1. The molecule has 1 aromatic heterocycles. The maximum Gasteiger partial charge on any atom is 0.324 e. The number of thioether (sulfide) groups is 1. The first kappa shape index (κ1) is 17.3. The molecule has 8 nitrogen and oxygen atoms in total. The third-order valence-corrected chi connectivity index (χ3v) is 5.06. The van der Waals surface area contributed by atoms with E-state index in [-0.39, 0.29) is 11.9 Å². The van der Waals surface area contributed by atoms with Gasteiger partial charge in [0.05, 0.1) is 17.9 Å². The van der Waals surface area contributed by atoms with Gasteiger partial charge in [0.25, 0.3) is 0 Å². The SMILES string of the molecule is COc1ccccc1-c1nnc(SC(C)C(=O)N2CCNC2=O)n1C. The summed E-state index contributed by atoms with van der Waals surface area (Å²) >= 11 is 1.27. The summed E-state index contributed by atoms with van der Waals surface area (Å²) < 4.78 is 7.19. The predicted octanol–water partition coefficient (Wildman–Crippen LogP) is 1.52. The Balaban J connectivity index is 1.79. The van der Waals surface area contributed by atoms with Gasteiger partial charge in [-0.15, -0.1) is 10.2 Å². The molecule has 0 saturated carbocycles. The van der Waals surface area contributed by atoms with E-state index in [1.807, 2.05) is 35.9 Å². The summed E-state index contributed by atoms with van der Waals surface area (Å²) in [4.78, 5) is 25.3. The van der Waals surface area contributed by atoms with Crippen LogP contribution in [-0.2, 0) is 11.8 Å². The predicted molar refractivity (Wildman–Crippen MR) is 93.4 cm³/mol. The summed E-state index contributed by atoms with van der Waals surface area (Å²) in [6, 6.07) is 7.20. The minimum Gasteiger partial charge on any atom is -0.496 e. The first-order chi connectivity index (χ1) is 12.0. The van der Waals surface area contributed by atoms with Gasteiger partial charge in [-0.3, -0.25) is 9.69 Å². The highest BCUT2D eigenvalue weighted by molar-refractivity contribution is 8.00. The van der Waals surface area contributed by atoms with E-state index in [0.717, 1.165) is 5.56 Å². The molecule has 1 aliphatic rings. The zero-order valence-corrected chi connectivity index (χ0v) is 15.0. The highest BCUT2D eigenvalue weighted by atomic mass is 32.2. The van der Waals surface area contributed by atoms with E-state index in [9.17, 15) is 9.59 Å². The van der Waals surface area contributed by atoms with Gasteiger partial charge in [0.1, 0.15) is 5.75 Å². The maximum absolute atomic E-state index is 12.4. The third-order valence-electron chi connectivity index (χ3n) is 3.94. The summed E-state index contributed by atoms with van der Waals surface area (Å²) in [5.41, 5.74) is 0.824. The lowest BCUT2D eigenvalue weighted by Gasteiger charge is -2.17. The topological polar surface area (TPSA) is 89.4 Å². The van der Waals surface area contributed by atoms with Crippen LogP contribution in [0.15, 0.2) is 29.4 Å². The number of hydrogen-bond donors (Lipinski definition) is 1. The molecule has 25 heavy (non-hydrogen) atoms. The number of rotatable bonds is 5. The molecule has 2 aromatic rings. The van der Waals surface area contributed by atoms with Crippen LogP contribution in [0.2, 0.25) is 0 Å². The fraction of sp³-hybridized carbons (Fsp3) is 0.375. The van der Waals surface area contributed by atoms with E-state index in [2.05, 4.69) is 15.5 Å². The van der Waals surface area contributed by atoms with E-state index in [0.29, 0.717) is 29.8 Å². The van der Waals surface area contributed by atoms with Crippen molar-refractivity contribution in [1.82, 2.24) is 25.0 Å². The highest BCUT2D eigenvalue weighted by Crippen LogP contribution is 2.31. The molecule has 2 heterocycles. The summed E-state index contributed by atoms with van der Waals surface area (Å²) in [7, 11) is 3.44. The Bertz CT molecular complexity index is 807. The molecular formula is C16H19N5O3S. The monoisotopic (exact) mass is 361 g/mol. The molecule has 1 saturated heterocycles. The first-order valence-electron chi connectivity index (χ1n) is 7.81. The molecule has 0 spiro atoms. The molecule has 1 atom stereocenters. The zero-order chi connectivity index (χ0) is 18.0. The van der Waals surface area contributed by atoms with E-state index < -0.39 is 5.25 Å². The van der Waals surface area contributed by atoms with E-state index in [1.54, 1.807) is 14.0 Å². The average molecular weight is 361 g/mol. The number of aromatic nitrogens is 3. The van der Waals surface area contributed by atoms with Crippen molar-refractivity contribution in [3.63, 3.8) is 0 Å². The van der Waals surface area contributed by atoms with Crippen molar-refractivity contribution in [2.75, 3.05) is 20.2 Å². The minimum atomic E-state index is -0.447. The Morgan fingerprint density at radius 1 is 1.36 bits per heavy atom. The number of nitrogens with one attached hydrogen (secondary N) is 1. The van der Waals surface area contributed by atoms with Gasteiger partial charge < -0.3 is 14.6 Å². The van der Waals surface area contributed by atoms with Gasteiger partial charge >= 0.3 is 6.03 Å². The second kappa shape index (κ2) is 7.14. The molecule has 132 valence electrons. The van der Waals surface area contributed by atoms with Crippen molar-refractivity contribution < 1.29 is 14.3 Å². The Kier molecular flexibility index (Phi) is 4.93. The summed E-state index contributed by atoms with van der Waals surface area (Å²) in [6.07, 6.45) is 0. The van der Waals surface area contributed by atoms with Crippen LogP contribution in [-0.4, -0.2) is 57.1 Å². The molecule has 0 aliphatic carbocycles. The first-order valence-corrected chi connectivity index (χ1v) is 8.69. The van der Waals surface area contributed by atoms with Crippen LogP contribution < -0.4 is 10.1 Å². The molecule has 1 aromatic carbocycles. The van der Waals surface area contributed by atoms with Crippen molar-refractivity contribution in [3.05, 3.63) is 24.3 Å². The lowest BCUT2D eigenvalue weighted by molar-refractivity contribution is -0.126. The number of benzene rings is 1. The molecule has 1 unspecified atom stereocenters. The summed E-state index contributed by atoms with van der Waals surface area (Å²) in [5.74, 6) is 1.12. The van der Waals surface area contributed by atoms with Gasteiger partial charge in [-0.2, -0.15) is 0 Å². The molecule has 0 radical (unpaired) electrons. The minimum absolute atomic E-state index is 0.234. The number of hydrogen-bond acceptors (Lipinski definition) is 6. The molecule has 1 aliphatic heterocycles. The Morgan fingerprint density at radius 2 is 2.12 bits per heavy atom. The van der Waals surface area contributed by atoms with Crippen LogP contribution >= 0.6 is 11.8 Å². The van der Waals surface area contributed by atoms with Crippen molar-refractivity contribution in [2.24, 2.45) is 7.05 Å². The highest BCUT2D eigenvalue weighted by Gasteiger charge is 2.31. The molecule has 3 amide bonds. The van der Waals surface area contributed by atoms with Gasteiger partial charge in [-0.05, 0) is 19.1 Å². The number of imide groups is 1. The number of para-hydroxylation sites is 1. The molecule has 1 N–H and O–H groups in total. The molecule has 3 rings (SSSR count). The van der Waals surface area contributed by atoms with Crippen LogP contribution in [0.3, 0.4) is 0 Å². The van der Waals surface area contributed by atoms with Crippen molar-refractivity contribution in [2.45, 2.75) is 17.3 Å². The molecule has 1 fully saturated rings. The Labute approximate surface area is 149 Å². The lowest BCUT2D eigenvalue weighted by Crippen LogP contribution is -2.39. The summed E-state index contributed by atoms with van der Waals surface area (Å²) in [5, 5.41) is 11.2. The van der Waals surface area contributed by atoms with Gasteiger partial charge in [0.15, 0.2) is 11.0 Å². The van der Waals surface area contributed by atoms with Crippen LogP contribution in [0.1, 0.15) is 6.92 Å². The maximum atomic E-state index is 12.4. The van der Waals surface area contributed by atoms with Gasteiger partial charge in [0, 0.05) is 20.1 Å². The van der Waals surface area contributed by atoms with Crippen molar-refractivity contribution >= 4 is 23.7 Å². The fourth-order valence-corrected chi connectivity index (χ4v) is 3.47. The standard InChI is InChI=1S/C16H19N5O3S/c1-10(14(22)21-9-8-17-15(21)23)25-16-19-18-13(20(16)2)11-6-4-5-7-12(11)24-3/h4-7,10H,8-9H2,1-3H3,(H,17,23). The molecule has 9 heteroatoms. The fourth-order valence-electron chi connectivity index (χ4n) is 2.59. The molecular weight excluding hydrogens is 342 g/mol. The lowest BCUT2D eigenvalue weighted by atomic mass is 10.2. The van der Waals surface area contributed by atoms with Gasteiger partial charge in [-0.1, -0.05) is 23.9 Å². The van der Waals surface area contributed by atoms with E-state index >= 15 is 0 Å². The molecule has 0 bridgehead atoms. The number of ether oxygens (including phenoxy) is 1. The number of urea groups is 1. The van der Waals surface area contributed by atoms with Crippen LogP contribution in [0.25, 0.3) is 11.4 Å². The van der Waals surface area contributed by atoms with Gasteiger partial charge in [0.2, 0.25) is 5.91 Å².